The van der Waals surface area contributed by atoms with Gasteiger partial charge in [0.25, 0.3) is 0 Å². The number of benzene rings is 3. The van der Waals surface area contributed by atoms with Gasteiger partial charge < -0.3 is 24.4 Å². The van der Waals surface area contributed by atoms with Crippen molar-refractivity contribution in [3.8, 4) is 28.9 Å². The Balaban J connectivity index is 1.44. The summed E-state index contributed by atoms with van der Waals surface area (Å²) < 4.78 is 17.9. The van der Waals surface area contributed by atoms with Gasteiger partial charge in [0.05, 0.1) is 10.6 Å². The molecule has 0 bridgehead atoms. The molecule has 4 aromatic rings. The second kappa shape index (κ2) is 13.4. The van der Waals surface area contributed by atoms with E-state index in [0.29, 0.717) is 45.2 Å². The smallest absolute Gasteiger partial charge is 0.414 e. The minimum absolute atomic E-state index is 0.124. The zero-order valence-corrected chi connectivity index (χ0v) is 28.3. The number of thiazole rings is 1. The Morgan fingerprint density at radius 2 is 1.73 bits per heavy atom. The van der Waals surface area contributed by atoms with E-state index in [2.05, 4.69) is 9.98 Å². The number of nitrogens with one attached hydrogen (secondary N) is 1. The maximum atomic E-state index is 14.0. The second-order valence-electron chi connectivity index (χ2n) is 12.4. The van der Waals surface area contributed by atoms with Crippen molar-refractivity contribution in [2.45, 2.75) is 52.2 Å². The van der Waals surface area contributed by atoms with Crippen molar-refractivity contribution in [1.82, 2.24) is 4.98 Å². The number of aliphatic imine (C=N–C) groups is 1. The molecule has 3 N–H and O–H groups in total. The first-order valence-corrected chi connectivity index (χ1v) is 15.9. The number of aromatic amines is 1. The third-order valence-corrected chi connectivity index (χ3v) is 8.50. The Labute approximate surface area is 281 Å². The first-order valence-electron chi connectivity index (χ1n) is 15.1. The van der Waals surface area contributed by atoms with E-state index in [1.807, 2.05) is 0 Å². The number of aromatic nitrogens is 1. The van der Waals surface area contributed by atoms with Gasteiger partial charge in [-0.25, -0.2) is 4.79 Å². The van der Waals surface area contributed by atoms with E-state index in [4.69, 9.17) is 14.2 Å². The van der Waals surface area contributed by atoms with Gasteiger partial charge in [-0.1, -0.05) is 23.5 Å². The summed E-state index contributed by atoms with van der Waals surface area (Å²) in [5.41, 5.74) is 0.796. The molecule has 48 heavy (non-hydrogen) atoms. The number of hydrogen-bond acceptors (Lipinski definition) is 10. The zero-order valence-electron chi connectivity index (χ0n) is 27.5. The first-order chi connectivity index (χ1) is 22.6. The van der Waals surface area contributed by atoms with Crippen molar-refractivity contribution < 1.29 is 34.0 Å². The highest BCUT2D eigenvalue weighted by Gasteiger charge is 2.41. The third kappa shape index (κ3) is 7.44. The van der Waals surface area contributed by atoms with Crippen molar-refractivity contribution in [3.63, 3.8) is 0 Å². The molecule has 1 atom stereocenters. The quantitative estimate of drug-likeness (QED) is 0.169. The van der Waals surface area contributed by atoms with Crippen LogP contribution in [0.5, 0.6) is 28.9 Å². The molecular formula is C36H37N3O8S. The summed E-state index contributed by atoms with van der Waals surface area (Å²) in [4.78, 5) is 47.0. The van der Waals surface area contributed by atoms with Crippen LogP contribution in [0, 0.1) is 13.8 Å². The van der Waals surface area contributed by atoms with Crippen molar-refractivity contribution >= 4 is 35.1 Å². The molecule has 2 heterocycles. The summed E-state index contributed by atoms with van der Waals surface area (Å²) in [7, 11) is 1.58. The first kappa shape index (κ1) is 34.0. The molecule has 1 amide bonds. The van der Waals surface area contributed by atoms with E-state index in [1.54, 1.807) is 108 Å². The number of amides is 1. The highest BCUT2D eigenvalue weighted by atomic mass is 32.1. The number of carbonyl (C=O) groups is 2. The number of H-pyrrole nitrogens is 1. The lowest BCUT2D eigenvalue weighted by Gasteiger charge is -2.28. The molecule has 0 saturated heterocycles. The molecule has 0 saturated carbocycles. The summed E-state index contributed by atoms with van der Waals surface area (Å²) in [6, 6.07) is 15.3. The number of carbonyl (C=O) groups excluding carboxylic acids is 2. The van der Waals surface area contributed by atoms with E-state index < -0.39 is 17.2 Å². The molecule has 0 aliphatic carbocycles. The Bertz CT molecular complexity index is 1960. The predicted octanol–water partition coefficient (Wildman–Crippen LogP) is 6.70. The van der Waals surface area contributed by atoms with E-state index in [0.717, 1.165) is 16.9 Å². The molecule has 0 fully saturated rings. The Kier molecular flexibility index (Phi) is 9.49. The Morgan fingerprint density at radius 3 is 2.35 bits per heavy atom. The van der Waals surface area contributed by atoms with Crippen LogP contribution in [0.4, 0.5) is 10.5 Å². The molecule has 11 nitrogen and oxygen atoms in total. The van der Waals surface area contributed by atoms with Crippen LogP contribution in [0.15, 0.2) is 76.5 Å². The monoisotopic (exact) mass is 671 g/mol. The number of rotatable bonds is 10. The van der Waals surface area contributed by atoms with Crippen LogP contribution in [-0.2, 0) is 21.5 Å². The fourth-order valence-corrected chi connectivity index (χ4v) is 5.80. The number of ether oxygens (including phenoxy) is 3. The maximum absolute atomic E-state index is 14.0. The number of anilines is 1. The average Bonchev–Trinajstić information content (AvgIpc) is 3.64. The summed E-state index contributed by atoms with van der Waals surface area (Å²) >= 11 is 0.944. The van der Waals surface area contributed by atoms with Crippen LogP contribution in [0.1, 0.15) is 47.9 Å². The second-order valence-corrected chi connectivity index (χ2v) is 13.5. The molecule has 1 aliphatic heterocycles. The number of phenols is 1. The standard InChI is InChI=1S/C36H37N3O8S/c1-21-17-28(22(2)16-27(21)40)46-29-19-24(39(6)34(44)47-35(3,4)5)10-13-26(29)36(14-7-15-37-36)31(41)20-45-25-11-8-23(9-12-25)18-30-32(42)38-33(43)48-30/h7-17,19,40,42H,18,20H2,1-6H3,(H,38,43). The van der Waals surface area contributed by atoms with Crippen LogP contribution in [0.3, 0.4) is 0 Å². The van der Waals surface area contributed by atoms with Crippen LogP contribution < -0.4 is 19.2 Å². The number of ketones is 1. The summed E-state index contributed by atoms with van der Waals surface area (Å²) in [5, 5.41) is 20.1. The number of phenolic OH excluding ortho intramolecular Hbond substituents is 1. The fraction of sp³-hybridized carbons (Fsp3) is 0.278. The van der Waals surface area contributed by atoms with E-state index in [-0.39, 0.29) is 34.6 Å². The van der Waals surface area contributed by atoms with Crippen molar-refractivity contribution in [3.05, 3.63) is 104 Å². The van der Waals surface area contributed by atoms with Crippen molar-refractivity contribution in [2.75, 3.05) is 18.6 Å². The van der Waals surface area contributed by atoms with Gasteiger partial charge in [0.15, 0.2) is 5.54 Å². The number of hydrogen-bond donors (Lipinski definition) is 3. The van der Waals surface area contributed by atoms with Gasteiger partial charge >= 0.3 is 11.0 Å². The highest BCUT2D eigenvalue weighted by Crippen LogP contribution is 2.42. The van der Waals surface area contributed by atoms with Gasteiger partial charge in [0, 0.05) is 31.3 Å². The SMILES string of the molecule is Cc1cc(Oc2cc(N(C)C(=O)OC(C)(C)C)ccc2C2(C(=O)COc3ccc(Cc4sc(=O)[nH]c4O)cc3)C=CC=N2)c(C)cc1O. The maximum Gasteiger partial charge on any atom is 0.414 e. The topological polar surface area (TPSA) is 151 Å². The van der Waals surface area contributed by atoms with E-state index >= 15 is 0 Å². The number of aryl methyl sites for hydroxylation is 2. The van der Waals surface area contributed by atoms with Crippen LogP contribution in [0.2, 0.25) is 0 Å². The normalized spacial score (nSPS) is 15.4. The van der Waals surface area contributed by atoms with Gasteiger partial charge in [-0.2, -0.15) is 0 Å². The van der Waals surface area contributed by atoms with E-state index in [9.17, 15) is 24.6 Å². The molecular weight excluding hydrogens is 634 g/mol. The molecule has 0 spiro atoms. The summed E-state index contributed by atoms with van der Waals surface area (Å²) in [6.07, 6.45) is 4.68. The lowest BCUT2D eigenvalue weighted by atomic mass is 9.86. The highest BCUT2D eigenvalue weighted by molar-refractivity contribution is 7.09. The lowest BCUT2D eigenvalue weighted by molar-refractivity contribution is -0.124. The molecule has 0 radical (unpaired) electrons. The van der Waals surface area contributed by atoms with Crippen LogP contribution in [-0.4, -0.2) is 52.5 Å². The molecule has 1 aromatic heterocycles. The largest absolute Gasteiger partial charge is 0.508 e. The zero-order chi connectivity index (χ0) is 34.8. The van der Waals surface area contributed by atoms with Crippen molar-refractivity contribution in [2.24, 2.45) is 4.99 Å². The average molecular weight is 672 g/mol. The molecule has 250 valence electrons. The minimum Gasteiger partial charge on any atom is -0.508 e. The van der Waals surface area contributed by atoms with Crippen LogP contribution in [0.25, 0.3) is 0 Å². The van der Waals surface area contributed by atoms with Gasteiger partial charge in [-0.15, -0.1) is 0 Å². The number of Topliss-reactive ketones (excluding diaryl/α,β-unsaturated/α-hetero) is 1. The predicted molar refractivity (Wildman–Crippen MR) is 184 cm³/mol. The molecule has 1 unspecified atom stereocenters. The molecule has 3 aromatic carbocycles. The molecule has 5 rings (SSSR count). The van der Waals surface area contributed by atoms with Gasteiger partial charge in [-0.3, -0.25) is 24.5 Å². The number of nitrogens with zero attached hydrogens (tertiary/aromatic N) is 2. The lowest BCUT2D eigenvalue weighted by Crippen LogP contribution is -2.36. The fourth-order valence-electron chi connectivity index (χ4n) is 5.04. The Hall–Kier alpha value is -5.36. The number of aromatic hydroxyl groups is 2. The van der Waals surface area contributed by atoms with Gasteiger partial charge in [0.2, 0.25) is 11.7 Å². The number of allylic oxidation sites excluding steroid dienone is 1. The van der Waals surface area contributed by atoms with Crippen molar-refractivity contribution in [1.29, 1.82) is 0 Å². The Morgan fingerprint density at radius 1 is 1.00 bits per heavy atom. The molecule has 12 heteroatoms. The van der Waals surface area contributed by atoms with Gasteiger partial charge in [-0.05, 0) is 99.9 Å². The van der Waals surface area contributed by atoms with Gasteiger partial charge in [0.1, 0.15) is 35.2 Å². The third-order valence-electron chi connectivity index (χ3n) is 7.63. The molecule has 1 aliphatic rings. The van der Waals surface area contributed by atoms with E-state index in [1.165, 1.54) is 11.1 Å². The minimum atomic E-state index is -1.48. The summed E-state index contributed by atoms with van der Waals surface area (Å²) in [5.74, 6) is 0.783. The summed E-state index contributed by atoms with van der Waals surface area (Å²) in [6.45, 7) is 8.56. The van der Waals surface area contributed by atoms with Crippen LogP contribution >= 0.6 is 11.3 Å².